The number of benzene rings is 1. The van der Waals surface area contributed by atoms with Gasteiger partial charge in [0.2, 0.25) is 0 Å². The molecule has 22 heavy (non-hydrogen) atoms. The molecule has 0 heterocycles. The monoisotopic (exact) mass is 420 g/mol. The van der Waals surface area contributed by atoms with Gasteiger partial charge in [-0.1, -0.05) is 12.1 Å². The summed E-state index contributed by atoms with van der Waals surface area (Å²) in [5.41, 5.74) is 0.131. The summed E-state index contributed by atoms with van der Waals surface area (Å²) in [4.78, 5) is 22.8. The predicted octanol–water partition coefficient (Wildman–Crippen LogP) is 2.69. The van der Waals surface area contributed by atoms with Gasteiger partial charge in [-0.15, -0.1) is 0 Å². The van der Waals surface area contributed by atoms with Gasteiger partial charge >= 0.3 is 11.9 Å². The maximum atomic E-state index is 12.2. The van der Waals surface area contributed by atoms with Gasteiger partial charge in [0.15, 0.2) is 0 Å². The van der Waals surface area contributed by atoms with Crippen LogP contribution in [0.5, 0.6) is 0 Å². The first-order chi connectivity index (χ1) is 10.4. The molecule has 0 aliphatic rings. The average molecular weight is 420 g/mol. The molecule has 0 bridgehead atoms. The summed E-state index contributed by atoms with van der Waals surface area (Å²) in [6.45, 7) is 4.10. The maximum Gasteiger partial charge on any atom is 0.316 e. The van der Waals surface area contributed by atoms with E-state index in [4.69, 9.17) is 14.2 Å². The summed E-state index contributed by atoms with van der Waals surface area (Å²) < 4.78 is 16.2. The molecule has 0 amide bonds. The van der Waals surface area contributed by atoms with Crippen LogP contribution in [0, 0.1) is 3.57 Å². The number of carbonyl (C=O) groups is 2. The number of esters is 2. The van der Waals surface area contributed by atoms with Crippen molar-refractivity contribution in [3.05, 3.63) is 33.4 Å². The third-order valence-corrected chi connectivity index (χ3v) is 4.05. The number of methoxy groups -OCH3 is 1. The van der Waals surface area contributed by atoms with Gasteiger partial charge in [-0.25, -0.2) is 0 Å². The minimum atomic E-state index is -0.767. The fourth-order valence-electron chi connectivity index (χ4n) is 2.04. The third kappa shape index (κ3) is 5.57. The van der Waals surface area contributed by atoms with E-state index in [1.165, 1.54) is 14.0 Å². The van der Waals surface area contributed by atoms with Gasteiger partial charge in [-0.2, -0.15) is 0 Å². The highest BCUT2D eigenvalue weighted by atomic mass is 127. The van der Waals surface area contributed by atoms with Crippen LogP contribution in [0.25, 0.3) is 0 Å². The van der Waals surface area contributed by atoms with Crippen LogP contribution >= 0.6 is 22.6 Å². The Morgan fingerprint density at radius 3 is 2.55 bits per heavy atom. The van der Waals surface area contributed by atoms with Gasteiger partial charge in [-0.3, -0.25) is 9.59 Å². The number of hydrogen-bond acceptors (Lipinski definition) is 5. The Morgan fingerprint density at radius 2 is 1.95 bits per heavy atom. The van der Waals surface area contributed by atoms with Gasteiger partial charge in [-0.05, 0) is 53.6 Å². The summed E-state index contributed by atoms with van der Waals surface area (Å²) >= 11 is 2.21. The summed E-state index contributed by atoms with van der Waals surface area (Å²) in [6, 6.07) is 7.77. The fraction of sp³-hybridized carbons (Fsp3) is 0.500. The number of rotatable bonds is 8. The van der Waals surface area contributed by atoms with Crippen molar-refractivity contribution < 1.29 is 23.8 Å². The molecular formula is C16H21IO5. The van der Waals surface area contributed by atoms with Crippen LogP contribution in [0.1, 0.15) is 25.8 Å². The molecule has 0 spiro atoms. The zero-order valence-electron chi connectivity index (χ0n) is 13.1. The molecule has 0 saturated carbocycles. The van der Waals surface area contributed by atoms with Crippen molar-refractivity contribution in [3.63, 3.8) is 0 Å². The largest absolute Gasteiger partial charge is 0.468 e. The Labute approximate surface area is 144 Å². The molecule has 1 unspecified atom stereocenters. The highest BCUT2D eigenvalue weighted by molar-refractivity contribution is 14.1. The normalized spacial score (nSPS) is 13.3. The fourth-order valence-corrected chi connectivity index (χ4v) is 2.59. The van der Waals surface area contributed by atoms with Crippen molar-refractivity contribution >= 4 is 34.5 Å². The topological polar surface area (TPSA) is 61.8 Å². The van der Waals surface area contributed by atoms with E-state index < -0.39 is 5.41 Å². The molecule has 0 aliphatic carbocycles. The molecule has 5 nitrogen and oxygen atoms in total. The van der Waals surface area contributed by atoms with Crippen LogP contribution < -0.4 is 0 Å². The van der Waals surface area contributed by atoms with Crippen LogP contribution in [0.2, 0.25) is 0 Å². The molecule has 0 N–H and O–H groups in total. The summed E-state index contributed by atoms with van der Waals surface area (Å²) in [7, 11) is 1.38. The Bertz CT molecular complexity index is 517. The van der Waals surface area contributed by atoms with Gasteiger partial charge in [0, 0.05) is 17.1 Å². The van der Waals surface area contributed by atoms with E-state index in [0.29, 0.717) is 19.6 Å². The lowest BCUT2D eigenvalue weighted by Crippen LogP contribution is -2.35. The lowest BCUT2D eigenvalue weighted by molar-refractivity contribution is -0.147. The molecule has 0 saturated heterocycles. The maximum absolute atomic E-state index is 12.2. The molecule has 1 atom stereocenters. The summed E-state index contributed by atoms with van der Waals surface area (Å²) in [5.74, 6) is -0.625. The Morgan fingerprint density at radius 1 is 1.23 bits per heavy atom. The molecule has 122 valence electrons. The van der Waals surface area contributed by atoms with E-state index in [1.807, 2.05) is 31.2 Å². The first-order valence-electron chi connectivity index (χ1n) is 6.95. The SMILES string of the molecule is COC(=O)C(C)(CCOCCOC(C)=O)c1cccc(I)c1. The lowest BCUT2D eigenvalue weighted by atomic mass is 9.80. The molecule has 0 radical (unpaired) electrons. The number of ether oxygens (including phenoxy) is 3. The number of carbonyl (C=O) groups excluding carboxylic acids is 2. The van der Waals surface area contributed by atoms with Gasteiger partial charge in [0.05, 0.1) is 19.1 Å². The number of halogens is 1. The van der Waals surface area contributed by atoms with Crippen molar-refractivity contribution in [2.24, 2.45) is 0 Å². The third-order valence-electron chi connectivity index (χ3n) is 3.38. The Kier molecular flexibility index (Phi) is 7.81. The first-order valence-corrected chi connectivity index (χ1v) is 8.03. The van der Waals surface area contributed by atoms with Crippen molar-refractivity contribution in [3.8, 4) is 0 Å². The van der Waals surface area contributed by atoms with E-state index in [-0.39, 0.29) is 18.5 Å². The second kappa shape index (κ2) is 9.09. The summed E-state index contributed by atoms with van der Waals surface area (Å²) in [6.07, 6.45) is 0.486. The van der Waals surface area contributed by atoms with Crippen LogP contribution in [-0.4, -0.2) is 38.9 Å². The van der Waals surface area contributed by atoms with Crippen LogP contribution in [0.4, 0.5) is 0 Å². The van der Waals surface area contributed by atoms with Crippen molar-refractivity contribution in [2.75, 3.05) is 26.9 Å². The highest BCUT2D eigenvalue weighted by Crippen LogP contribution is 2.30. The van der Waals surface area contributed by atoms with E-state index in [0.717, 1.165) is 9.13 Å². The molecule has 1 aromatic carbocycles. The van der Waals surface area contributed by atoms with E-state index >= 15 is 0 Å². The first kappa shape index (κ1) is 18.9. The lowest BCUT2D eigenvalue weighted by Gasteiger charge is -2.27. The summed E-state index contributed by atoms with van der Waals surface area (Å²) in [5, 5.41) is 0. The molecule has 6 heteroatoms. The van der Waals surface area contributed by atoms with E-state index in [9.17, 15) is 9.59 Å². The second-order valence-corrected chi connectivity index (χ2v) is 6.28. The molecule has 0 aromatic heterocycles. The van der Waals surface area contributed by atoms with Crippen LogP contribution in [0.15, 0.2) is 24.3 Å². The molecule has 0 fully saturated rings. The van der Waals surface area contributed by atoms with Gasteiger partial charge < -0.3 is 14.2 Å². The van der Waals surface area contributed by atoms with Crippen LogP contribution in [0.3, 0.4) is 0 Å². The Balaban J connectivity index is 2.65. The standard InChI is InChI=1S/C16H21IO5/c1-12(18)22-10-9-21-8-7-16(2,15(19)20-3)13-5-4-6-14(17)11-13/h4-6,11H,7-10H2,1-3H3. The zero-order chi connectivity index (χ0) is 16.6. The van der Waals surface area contributed by atoms with Crippen molar-refractivity contribution in [1.82, 2.24) is 0 Å². The van der Waals surface area contributed by atoms with E-state index in [1.54, 1.807) is 0 Å². The van der Waals surface area contributed by atoms with Crippen molar-refractivity contribution in [1.29, 1.82) is 0 Å². The Hall–Kier alpha value is -1.15. The minimum absolute atomic E-state index is 0.216. The second-order valence-electron chi connectivity index (χ2n) is 5.04. The predicted molar refractivity (Wildman–Crippen MR) is 90.6 cm³/mol. The molecule has 1 aromatic rings. The molecule has 0 aliphatic heterocycles. The molecule has 1 rings (SSSR count). The quantitative estimate of drug-likeness (QED) is 0.368. The molecular weight excluding hydrogens is 399 g/mol. The average Bonchev–Trinajstić information content (AvgIpc) is 2.49. The van der Waals surface area contributed by atoms with Crippen molar-refractivity contribution in [2.45, 2.75) is 25.7 Å². The minimum Gasteiger partial charge on any atom is -0.468 e. The van der Waals surface area contributed by atoms with E-state index in [2.05, 4.69) is 22.6 Å². The highest BCUT2D eigenvalue weighted by Gasteiger charge is 2.36. The smallest absolute Gasteiger partial charge is 0.316 e. The van der Waals surface area contributed by atoms with Gasteiger partial charge in [0.25, 0.3) is 0 Å². The zero-order valence-corrected chi connectivity index (χ0v) is 15.2. The van der Waals surface area contributed by atoms with Gasteiger partial charge in [0.1, 0.15) is 6.61 Å². The number of hydrogen-bond donors (Lipinski definition) is 0. The van der Waals surface area contributed by atoms with Crippen LogP contribution in [-0.2, 0) is 29.2 Å².